The zero-order chi connectivity index (χ0) is 15.5. The summed E-state index contributed by atoms with van der Waals surface area (Å²) in [4.78, 5) is 11.9. The molecule has 1 aromatic carbocycles. The van der Waals surface area contributed by atoms with Crippen molar-refractivity contribution in [3.63, 3.8) is 0 Å². The normalized spacial score (nSPS) is 11.0. The molecule has 2 rings (SSSR count). The Morgan fingerprint density at radius 1 is 1.38 bits per heavy atom. The molecule has 5 nitrogen and oxygen atoms in total. The lowest BCUT2D eigenvalue weighted by Gasteiger charge is -2.18. The van der Waals surface area contributed by atoms with Gasteiger partial charge in [-0.1, -0.05) is 18.2 Å². The van der Waals surface area contributed by atoms with E-state index in [0.717, 1.165) is 11.1 Å². The SMILES string of the molecule is CC(C)(C)OC(=O)n1cc(Cc2ccccc2C#N)cn1. The summed E-state index contributed by atoms with van der Waals surface area (Å²) in [5, 5.41) is 13.1. The summed E-state index contributed by atoms with van der Waals surface area (Å²) < 4.78 is 6.42. The average Bonchev–Trinajstić information content (AvgIpc) is 2.86. The van der Waals surface area contributed by atoms with Crippen LogP contribution in [0.3, 0.4) is 0 Å². The molecule has 0 saturated heterocycles. The first-order chi connectivity index (χ1) is 9.89. The molecule has 0 amide bonds. The number of nitrogens with zero attached hydrogens (tertiary/aromatic N) is 3. The van der Waals surface area contributed by atoms with Crippen molar-refractivity contribution in [3.05, 3.63) is 53.3 Å². The van der Waals surface area contributed by atoms with Crippen LogP contribution in [0.15, 0.2) is 36.7 Å². The smallest absolute Gasteiger partial charge is 0.435 e. The van der Waals surface area contributed by atoms with Gasteiger partial charge in [-0.05, 0) is 38.0 Å². The van der Waals surface area contributed by atoms with Gasteiger partial charge in [0.2, 0.25) is 0 Å². The Balaban J connectivity index is 2.14. The van der Waals surface area contributed by atoms with Crippen LogP contribution in [0.2, 0.25) is 0 Å². The molecule has 0 fully saturated rings. The second-order valence-electron chi connectivity index (χ2n) is 5.72. The zero-order valence-corrected chi connectivity index (χ0v) is 12.3. The van der Waals surface area contributed by atoms with Crippen molar-refractivity contribution < 1.29 is 9.53 Å². The lowest BCUT2D eigenvalue weighted by Crippen LogP contribution is -2.27. The summed E-state index contributed by atoms with van der Waals surface area (Å²) >= 11 is 0. The van der Waals surface area contributed by atoms with E-state index in [1.807, 2.05) is 18.2 Å². The van der Waals surface area contributed by atoms with E-state index >= 15 is 0 Å². The van der Waals surface area contributed by atoms with Crippen molar-refractivity contribution >= 4 is 6.09 Å². The van der Waals surface area contributed by atoms with E-state index in [4.69, 9.17) is 10.00 Å². The highest BCUT2D eigenvalue weighted by Crippen LogP contribution is 2.14. The summed E-state index contributed by atoms with van der Waals surface area (Å²) in [5.41, 5.74) is 1.83. The molecule has 0 saturated carbocycles. The fourth-order valence-electron chi connectivity index (χ4n) is 1.86. The van der Waals surface area contributed by atoms with Crippen molar-refractivity contribution in [2.24, 2.45) is 0 Å². The number of benzene rings is 1. The molecule has 0 bridgehead atoms. The van der Waals surface area contributed by atoms with Gasteiger partial charge in [0.05, 0.1) is 17.8 Å². The number of aromatic nitrogens is 2. The zero-order valence-electron chi connectivity index (χ0n) is 12.3. The third-order valence-corrected chi connectivity index (χ3v) is 2.75. The fraction of sp³-hybridized carbons (Fsp3) is 0.312. The lowest BCUT2D eigenvalue weighted by atomic mass is 10.0. The monoisotopic (exact) mass is 283 g/mol. The molecule has 0 aliphatic carbocycles. The number of hydrogen-bond donors (Lipinski definition) is 0. The third-order valence-electron chi connectivity index (χ3n) is 2.75. The Labute approximate surface area is 123 Å². The molecule has 21 heavy (non-hydrogen) atoms. The van der Waals surface area contributed by atoms with Crippen molar-refractivity contribution in [2.45, 2.75) is 32.8 Å². The first-order valence-electron chi connectivity index (χ1n) is 6.64. The van der Waals surface area contributed by atoms with Crippen LogP contribution < -0.4 is 0 Å². The molecule has 1 aromatic heterocycles. The molecule has 5 heteroatoms. The maximum atomic E-state index is 11.9. The van der Waals surface area contributed by atoms with Gasteiger partial charge in [0, 0.05) is 12.6 Å². The highest BCUT2D eigenvalue weighted by molar-refractivity contribution is 5.69. The minimum absolute atomic E-state index is 0.512. The van der Waals surface area contributed by atoms with Crippen LogP contribution in [0.25, 0.3) is 0 Å². The van der Waals surface area contributed by atoms with Crippen LogP contribution >= 0.6 is 0 Å². The molecule has 0 aliphatic rings. The molecular weight excluding hydrogens is 266 g/mol. The molecule has 0 unspecified atom stereocenters. The predicted octanol–water partition coefficient (Wildman–Crippen LogP) is 3.13. The quantitative estimate of drug-likeness (QED) is 0.849. The fourth-order valence-corrected chi connectivity index (χ4v) is 1.86. The van der Waals surface area contributed by atoms with Gasteiger partial charge in [-0.25, -0.2) is 4.79 Å². The van der Waals surface area contributed by atoms with Crippen molar-refractivity contribution in [1.82, 2.24) is 9.78 Å². The molecule has 0 N–H and O–H groups in total. The molecule has 0 aliphatic heterocycles. The second-order valence-corrected chi connectivity index (χ2v) is 5.72. The highest BCUT2D eigenvalue weighted by atomic mass is 16.6. The molecule has 0 atom stereocenters. The van der Waals surface area contributed by atoms with E-state index in [0.29, 0.717) is 12.0 Å². The van der Waals surface area contributed by atoms with E-state index < -0.39 is 11.7 Å². The maximum Gasteiger partial charge on any atom is 0.435 e. The Morgan fingerprint density at radius 3 is 2.76 bits per heavy atom. The Morgan fingerprint density at radius 2 is 2.10 bits per heavy atom. The van der Waals surface area contributed by atoms with Crippen LogP contribution in [-0.2, 0) is 11.2 Å². The number of hydrogen-bond acceptors (Lipinski definition) is 4. The number of carbonyl (C=O) groups excluding carboxylic acids is 1. The summed E-state index contributed by atoms with van der Waals surface area (Å²) in [6.45, 7) is 5.41. The van der Waals surface area contributed by atoms with Crippen molar-refractivity contribution in [3.8, 4) is 6.07 Å². The van der Waals surface area contributed by atoms with Gasteiger partial charge >= 0.3 is 6.09 Å². The molecule has 0 radical (unpaired) electrons. The van der Waals surface area contributed by atoms with Crippen LogP contribution in [0, 0.1) is 11.3 Å². The van der Waals surface area contributed by atoms with Gasteiger partial charge in [-0.3, -0.25) is 0 Å². The van der Waals surface area contributed by atoms with E-state index in [1.165, 1.54) is 4.68 Å². The maximum absolute atomic E-state index is 11.9. The Hall–Kier alpha value is -2.61. The highest BCUT2D eigenvalue weighted by Gasteiger charge is 2.18. The Kier molecular flexibility index (Phi) is 4.08. The van der Waals surface area contributed by atoms with E-state index in [9.17, 15) is 4.79 Å². The number of ether oxygens (including phenoxy) is 1. The van der Waals surface area contributed by atoms with Gasteiger partial charge in [0.1, 0.15) is 5.60 Å². The molecule has 0 spiro atoms. The summed E-state index contributed by atoms with van der Waals surface area (Å²) in [6.07, 6.45) is 3.27. The second kappa shape index (κ2) is 5.80. The van der Waals surface area contributed by atoms with Crippen LogP contribution in [0.4, 0.5) is 4.79 Å². The lowest BCUT2D eigenvalue weighted by molar-refractivity contribution is 0.0514. The average molecular weight is 283 g/mol. The van der Waals surface area contributed by atoms with E-state index in [2.05, 4.69) is 11.2 Å². The van der Waals surface area contributed by atoms with Crippen molar-refractivity contribution in [1.29, 1.82) is 5.26 Å². The molecule has 1 heterocycles. The van der Waals surface area contributed by atoms with E-state index in [-0.39, 0.29) is 0 Å². The number of nitriles is 1. The number of rotatable bonds is 2. The van der Waals surface area contributed by atoms with Crippen molar-refractivity contribution in [2.75, 3.05) is 0 Å². The summed E-state index contributed by atoms with van der Waals surface area (Å²) in [5.74, 6) is 0. The molecule has 108 valence electrons. The summed E-state index contributed by atoms with van der Waals surface area (Å²) in [6, 6.07) is 9.53. The topological polar surface area (TPSA) is 67.9 Å². The van der Waals surface area contributed by atoms with Gasteiger partial charge in [-0.2, -0.15) is 15.0 Å². The largest absolute Gasteiger partial charge is 0.442 e. The standard InChI is InChI=1S/C16H17N3O2/c1-16(2,3)21-15(20)19-11-12(10-18-19)8-13-6-4-5-7-14(13)9-17/h4-7,10-11H,8H2,1-3H3. The van der Waals surface area contributed by atoms with Gasteiger partial charge in [-0.15, -0.1) is 0 Å². The Bertz CT molecular complexity index is 690. The summed E-state index contributed by atoms with van der Waals surface area (Å²) in [7, 11) is 0. The van der Waals surface area contributed by atoms with E-state index in [1.54, 1.807) is 39.2 Å². The van der Waals surface area contributed by atoms with Gasteiger partial charge < -0.3 is 4.74 Å². The third kappa shape index (κ3) is 3.93. The first kappa shape index (κ1) is 14.8. The molecule has 2 aromatic rings. The minimum atomic E-state index is -0.559. The molecular formula is C16H17N3O2. The van der Waals surface area contributed by atoms with Gasteiger partial charge in [0.25, 0.3) is 0 Å². The predicted molar refractivity (Wildman–Crippen MR) is 77.8 cm³/mol. The van der Waals surface area contributed by atoms with Gasteiger partial charge in [0.15, 0.2) is 0 Å². The van der Waals surface area contributed by atoms with Crippen LogP contribution in [0.1, 0.15) is 37.5 Å². The first-order valence-corrected chi connectivity index (χ1v) is 6.64. The minimum Gasteiger partial charge on any atom is -0.442 e. The number of carbonyl (C=O) groups is 1. The van der Waals surface area contributed by atoms with Crippen LogP contribution in [-0.4, -0.2) is 21.5 Å². The van der Waals surface area contributed by atoms with Crippen LogP contribution in [0.5, 0.6) is 0 Å².